The second kappa shape index (κ2) is 9.50. The Kier molecular flexibility index (Phi) is 6.28. The molecule has 0 saturated carbocycles. The molecular weight excluding hydrogens is 414 g/mol. The second-order valence-electron chi connectivity index (χ2n) is 10.1. The SMILES string of the molecule is CC(C)c1cccc(C(C)C)c1NC(c1ccccc1)c1cccc(C2=C3NCCC3C=C2)n1. The topological polar surface area (TPSA) is 37.0 Å². The minimum Gasteiger partial charge on any atom is -0.387 e. The van der Waals surface area contributed by atoms with Crippen LogP contribution in [0, 0.1) is 5.92 Å². The average molecular weight is 450 g/mol. The van der Waals surface area contributed by atoms with E-state index in [2.05, 4.69) is 117 Å². The van der Waals surface area contributed by atoms with Gasteiger partial charge in [-0.05, 0) is 47.1 Å². The summed E-state index contributed by atoms with van der Waals surface area (Å²) in [4.78, 5) is 5.23. The van der Waals surface area contributed by atoms with Crippen LogP contribution in [0.25, 0.3) is 5.57 Å². The highest BCUT2D eigenvalue weighted by molar-refractivity contribution is 5.78. The maximum absolute atomic E-state index is 5.23. The molecule has 3 heteroatoms. The van der Waals surface area contributed by atoms with Crippen LogP contribution in [-0.2, 0) is 0 Å². The van der Waals surface area contributed by atoms with E-state index in [0.717, 1.165) is 17.9 Å². The normalized spacial score (nSPS) is 17.9. The van der Waals surface area contributed by atoms with Gasteiger partial charge in [-0.15, -0.1) is 0 Å². The zero-order chi connectivity index (χ0) is 23.7. The number of aromatic nitrogens is 1. The van der Waals surface area contributed by atoms with E-state index < -0.39 is 0 Å². The molecule has 0 bridgehead atoms. The highest BCUT2D eigenvalue weighted by atomic mass is 15.0. The Morgan fingerprint density at radius 3 is 2.26 bits per heavy atom. The smallest absolute Gasteiger partial charge is 0.0940 e. The summed E-state index contributed by atoms with van der Waals surface area (Å²) in [7, 11) is 0. The summed E-state index contributed by atoms with van der Waals surface area (Å²) >= 11 is 0. The number of nitrogens with zero attached hydrogens (tertiary/aromatic N) is 1. The van der Waals surface area contributed by atoms with Crippen LogP contribution in [0.1, 0.15) is 80.1 Å². The standard InChI is InChI=1S/C31H35N3/c1-20(2)24-12-8-13-25(21(3)4)31(24)34-30(22-10-6-5-7-11-22)28-15-9-14-27(33-28)26-17-16-23-18-19-32-29(23)26/h5-17,20-21,23,30,32,34H,18-19H2,1-4H3. The zero-order valence-electron chi connectivity index (χ0n) is 20.7. The summed E-state index contributed by atoms with van der Waals surface area (Å²) in [6, 6.07) is 23.8. The molecule has 2 aliphatic rings. The molecule has 0 radical (unpaired) electrons. The molecule has 1 fully saturated rings. The molecule has 1 saturated heterocycles. The number of nitrogens with one attached hydrogen (secondary N) is 2. The van der Waals surface area contributed by atoms with Crippen LogP contribution in [-0.4, -0.2) is 11.5 Å². The minimum absolute atomic E-state index is 0.0399. The maximum atomic E-state index is 5.23. The zero-order valence-corrected chi connectivity index (χ0v) is 20.7. The van der Waals surface area contributed by atoms with Gasteiger partial charge < -0.3 is 10.6 Å². The lowest BCUT2D eigenvalue weighted by Crippen LogP contribution is -2.17. The molecule has 2 unspecified atom stereocenters. The molecule has 2 aromatic carbocycles. The Hall–Kier alpha value is -3.33. The second-order valence-corrected chi connectivity index (χ2v) is 10.1. The van der Waals surface area contributed by atoms with Crippen LogP contribution in [0.5, 0.6) is 0 Å². The summed E-state index contributed by atoms with van der Waals surface area (Å²) in [6.45, 7) is 10.1. The summed E-state index contributed by atoms with van der Waals surface area (Å²) < 4.78 is 0. The van der Waals surface area contributed by atoms with Crippen LogP contribution >= 0.6 is 0 Å². The number of anilines is 1. The van der Waals surface area contributed by atoms with E-state index in [4.69, 9.17) is 4.98 Å². The molecule has 2 heterocycles. The summed E-state index contributed by atoms with van der Waals surface area (Å²) in [6.07, 6.45) is 5.74. The molecule has 1 aliphatic carbocycles. The fraction of sp³-hybridized carbons (Fsp3) is 0.323. The number of benzene rings is 2. The molecule has 2 N–H and O–H groups in total. The first-order chi connectivity index (χ1) is 16.5. The van der Waals surface area contributed by atoms with Crippen LogP contribution < -0.4 is 10.6 Å². The van der Waals surface area contributed by atoms with Crippen molar-refractivity contribution in [2.45, 2.75) is 52.0 Å². The van der Waals surface area contributed by atoms with Crippen molar-refractivity contribution in [2.24, 2.45) is 5.92 Å². The molecule has 3 nitrogen and oxygen atoms in total. The van der Waals surface area contributed by atoms with Crippen LogP contribution in [0.3, 0.4) is 0 Å². The number of hydrogen-bond acceptors (Lipinski definition) is 3. The van der Waals surface area contributed by atoms with Crippen molar-refractivity contribution in [1.82, 2.24) is 10.3 Å². The van der Waals surface area contributed by atoms with Gasteiger partial charge in [0.15, 0.2) is 0 Å². The van der Waals surface area contributed by atoms with Crippen molar-refractivity contribution >= 4 is 11.3 Å². The third-order valence-electron chi connectivity index (χ3n) is 7.06. The average Bonchev–Trinajstić information content (AvgIpc) is 3.47. The quantitative estimate of drug-likeness (QED) is 0.394. The van der Waals surface area contributed by atoms with Crippen LogP contribution in [0.2, 0.25) is 0 Å². The third-order valence-corrected chi connectivity index (χ3v) is 7.06. The van der Waals surface area contributed by atoms with Gasteiger partial charge in [0.05, 0.1) is 17.4 Å². The molecule has 5 rings (SSSR count). The predicted octanol–water partition coefficient (Wildman–Crippen LogP) is 7.42. The lowest BCUT2D eigenvalue weighted by Gasteiger charge is -2.27. The Morgan fingerprint density at radius 1 is 0.853 bits per heavy atom. The van der Waals surface area contributed by atoms with E-state index in [-0.39, 0.29) is 6.04 Å². The van der Waals surface area contributed by atoms with E-state index in [1.54, 1.807) is 0 Å². The number of rotatable bonds is 7. The molecule has 0 spiro atoms. The number of pyridine rings is 1. The number of para-hydroxylation sites is 1. The molecular formula is C31H35N3. The molecule has 2 atom stereocenters. The van der Waals surface area contributed by atoms with Gasteiger partial charge in [-0.1, -0.05) is 94.4 Å². The van der Waals surface area contributed by atoms with Gasteiger partial charge in [0.1, 0.15) is 0 Å². The monoisotopic (exact) mass is 449 g/mol. The first-order valence-electron chi connectivity index (χ1n) is 12.6. The Balaban J connectivity index is 1.60. The van der Waals surface area contributed by atoms with E-state index in [1.165, 1.54) is 40.1 Å². The fourth-order valence-electron chi connectivity index (χ4n) is 5.25. The maximum Gasteiger partial charge on any atom is 0.0940 e. The van der Waals surface area contributed by atoms with E-state index in [0.29, 0.717) is 17.8 Å². The minimum atomic E-state index is -0.0399. The highest BCUT2D eigenvalue weighted by Gasteiger charge is 2.27. The molecule has 0 amide bonds. The van der Waals surface area contributed by atoms with E-state index in [1.807, 2.05) is 0 Å². The van der Waals surface area contributed by atoms with Gasteiger partial charge in [0.2, 0.25) is 0 Å². The lowest BCUT2D eigenvalue weighted by atomic mass is 9.91. The van der Waals surface area contributed by atoms with Crippen molar-refractivity contribution in [2.75, 3.05) is 11.9 Å². The predicted molar refractivity (Wildman–Crippen MR) is 143 cm³/mol. The number of hydrogen-bond donors (Lipinski definition) is 2. The Morgan fingerprint density at radius 2 is 1.56 bits per heavy atom. The Bertz CT molecular complexity index is 1190. The van der Waals surface area contributed by atoms with Crippen LogP contribution in [0.15, 0.2) is 84.6 Å². The van der Waals surface area contributed by atoms with Crippen molar-refractivity contribution in [3.05, 3.63) is 113 Å². The fourth-order valence-corrected chi connectivity index (χ4v) is 5.25. The van der Waals surface area contributed by atoms with Gasteiger partial charge in [-0.25, -0.2) is 0 Å². The van der Waals surface area contributed by atoms with Crippen molar-refractivity contribution < 1.29 is 0 Å². The lowest BCUT2D eigenvalue weighted by molar-refractivity contribution is 0.805. The first-order valence-corrected chi connectivity index (χ1v) is 12.6. The van der Waals surface area contributed by atoms with Gasteiger partial charge >= 0.3 is 0 Å². The summed E-state index contributed by atoms with van der Waals surface area (Å²) in [5, 5.41) is 7.55. The molecule has 1 aliphatic heterocycles. The summed E-state index contributed by atoms with van der Waals surface area (Å²) in [5.41, 5.74) is 9.83. The van der Waals surface area contributed by atoms with Crippen molar-refractivity contribution in [3.8, 4) is 0 Å². The first kappa shape index (κ1) is 22.5. The van der Waals surface area contributed by atoms with E-state index in [9.17, 15) is 0 Å². The van der Waals surface area contributed by atoms with Gasteiger partial charge in [-0.3, -0.25) is 4.98 Å². The highest BCUT2D eigenvalue weighted by Crippen LogP contribution is 2.38. The van der Waals surface area contributed by atoms with Crippen LogP contribution in [0.4, 0.5) is 5.69 Å². The molecule has 174 valence electrons. The number of allylic oxidation sites excluding steroid dienone is 3. The summed E-state index contributed by atoms with van der Waals surface area (Å²) in [5.74, 6) is 1.38. The largest absolute Gasteiger partial charge is 0.387 e. The van der Waals surface area contributed by atoms with E-state index >= 15 is 0 Å². The molecule has 3 aromatic rings. The van der Waals surface area contributed by atoms with Gasteiger partial charge in [-0.2, -0.15) is 0 Å². The number of fused-ring (bicyclic) bond motifs is 1. The van der Waals surface area contributed by atoms with Gasteiger partial charge in [0, 0.05) is 29.4 Å². The van der Waals surface area contributed by atoms with Crippen molar-refractivity contribution in [1.29, 1.82) is 0 Å². The Labute approximate surface area is 204 Å². The molecule has 34 heavy (non-hydrogen) atoms. The van der Waals surface area contributed by atoms with Crippen molar-refractivity contribution in [3.63, 3.8) is 0 Å². The third kappa shape index (κ3) is 4.27. The van der Waals surface area contributed by atoms with Gasteiger partial charge in [0.25, 0.3) is 0 Å². The molecule has 1 aromatic heterocycles.